The van der Waals surface area contributed by atoms with Gasteiger partial charge in [-0.05, 0) is 55.2 Å². The second-order valence-electron chi connectivity index (χ2n) is 8.59. The number of hydrogen-bond donors (Lipinski definition) is 2. The molecular weight excluding hydrogens is 446 g/mol. The minimum absolute atomic E-state index is 0.0159. The smallest absolute Gasteiger partial charge is 0.267 e. The Kier molecular flexibility index (Phi) is 6.33. The normalized spacial score (nSPS) is 15.5. The molecule has 180 valence electrons. The third-order valence-electron chi connectivity index (χ3n) is 6.33. The Balaban J connectivity index is 1.50. The van der Waals surface area contributed by atoms with E-state index in [4.69, 9.17) is 14.9 Å². The average Bonchev–Trinajstić information content (AvgIpc) is 3.40. The Morgan fingerprint density at radius 2 is 2.09 bits per heavy atom. The van der Waals surface area contributed by atoms with Gasteiger partial charge >= 0.3 is 0 Å². The zero-order chi connectivity index (χ0) is 24.4. The summed E-state index contributed by atoms with van der Waals surface area (Å²) < 4.78 is 14.1. The van der Waals surface area contributed by atoms with Crippen molar-refractivity contribution >= 4 is 22.6 Å². The average molecular weight is 474 g/mol. The molecule has 0 unspecified atom stereocenters. The molecule has 4 heterocycles. The van der Waals surface area contributed by atoms with Crippen molar-refractivity contribution in [2.24, 2.45) is 0 Å². The van der Waals surface area contributed by atoms with Gasteiger partial charge in [-0.1, -0.05) is 18.2 Å². The van der Waals surface area contributed by atoms with E-state index in [-0.39, 0.29) is 22.7 Å². The Labute approximate surface area is 201 Å². The number of amides is 1. The highest BCUT2D eigenvalue weighted by Crippen LogP contribution is 2.17. The van der Waals surface area contributed by atoms with Crippen LogP contribution in [-0.2, 0) is 17.7 Å². The minimum Gasteiger partial charge on any atom is -0.497 e. The molecule has 0 radical (unpaired) electrons. The second-order valence-corrected chi connectivity index (χ2v) is 8.59. The number of hydrogen-bond acceptors (Lipinski definition) is 6. The largest absolute Gasteiger partial charge is 0.497 e. The van der Waals surface area contributed by atoms with Crippen LogP contribution in [0.2, 0.25) is 0 Å². The topological polar surface area (TPSA) is 111 Å². The molecule has 1 fully saturated rings. The fourth-order valence-corrected chi connectivity index (χ4v) is 4.44. The number of rotatable bonds is 7. The number of nitrogens with one attached hydrogen (secondary N) is 2. The van der Waals surface area contributed by atoms with Crippen LogP contribution in [0.4, 0.5) is 0 Å². The maximum Gasteiger partial charge on any atom is 0.267 e. The van der Waals surface area contributed by atoms with Crippen LogP contribution in [0, 0.1) is 5.41 Å². The SMILES string of the molecule is COc1ccc(CCNC(=O)c2cc3c(=O)n4ccccc4nc3n(C[C@H]3CCCO3)c2=N)cc1. The van der Waals surface area contributed by atoms with Gasteiger partial charge in [0.15, 0.2) is 0 Å². The van der Waals surface area contributed by atoms with Gasteiger partial charge in [-0.25, -0.2) is 4.98 Å². The maximum absolute atomic E-state index is 13.3. The lowest BCUT2D eigenvalue weighted by Gasteiger charge is -2.17. The predicted octanol–water partition coefficient (Wildman–Crippen LogP) is 2.29. The van der Waals surface area contributed by atoms with Crippen LogP contribution in [0.25, 0.3) is 16.7 Å². The number of carbonyl (C=O) groups is 1. The lowest BCUT2D eigenvalue weighted by Crippen LogP contribution is -2.37. The molecule has 35 heavy (non-hydrogen) atoms. The van der Waals surface area contributed by atoms with Crippen molar-refractivity contribution in [1.29, 1.82) is 5.41 Å². The van der Waals surface area contributed by atoms with E-state index in [9.17, 15) is 9.59 Å². The highest BCUT2D eigenvalue weighted by Gasteiger charge is 2.22. The molecule has 4 aromatic rings. The summed E-state index contributed by atoms with van der Waals surface area (Å²) >= 11 is 0. The summed E-state index contributed by atoms with van der Waals surface area (Å²) in [5.41, 5.74) is 1.80. The van der Waals surface area contributed by atoms with E-state index in [2.05, 4.69) is 10.3 Å². The number of nitrogens with zero attached hydrogens (tertiary/aromatic N) is 3. The monoisotopic (exact) mass is 473 g/mol. The molecule has 1 atom stereocenters. The molecular formula is C26H27N5O4. The molecule has 0 aliphatic carbocycles. The Morgan fingerprint density at radius 3 is 2.83 bits per heavy atom. The molecule has 9 nitrogen and oxygen atoms in total. The first kappa shape index (κ1) is 22.8. The molecule has 1 aromatic carbocycles. The third kappa shape index (κ3) is 4.54. The van der Waals surface area contributed by atoms with Crippen molar-refractivity contribution in [1.82, 2.24) is 19.3 Å². The van der Waals surface area contributed by atoms with Crippen molar-refractivity contribution in [3.8, 4) is 5.75 Å². The van der Waals surface area contributed by atoms with E-state index in [0.29, 0.717) is 42.8 Å². The number of aromatic nitrogens is 3. The molecule has 1 saturated heterocycles. The molecule has 0 spiro atoms. The zero-order valence-electron chi connectivity index (χ0n) is 19.5. The van der Waals surface area contributed by atoms with Gasteiger partial charge in [0.2, 0.25) is 0 Å². The zero-order valence-corrected chi connectivity index (χ0v) is 19.5. The van der Waals surface area contributed by atoms with Gasteiger partial charge in [0, 0.05) is 19.3 Å². The van der Waals surface area contributed by atoms with E-state index in [1.165, 1.54) is 10.5 Å². The standard InChI is InChI=1S/C26H27N5O4/c1-34-18-9-7-17(8-10-18)11-12-28-25(32)20-15-21-24(29-22-6-2-3-13-30(22)26(21)33)31(23(20)27)16-19-5-4-14-35-19/h2-3,6-10,13,15,19,27H,4-5,11-12,14,16H2,1H3,(H,28,32)/t19-/m1/s1. The highest BCUT2D eigenvalue weighted by atomic mass is 16.5. The van der Waals surface area contributed by atoms with E-state index < -0.39 is 5.91 Å². The fourth-order valence-electron chi connectivity index (χ4n) is 4.44. The molecule has 2 N–H and O–H groups in total. The highest BCUT2D eigenvalue weighted by molar-refractivity contribution is 5.96. The summed E-state index contributed by atoms with van der Waals surface area (Å²) in [6.07, 6.45) is 4.00. The van der Waals surface area contributed by atoms with Crippen molar-refractivity contribution < 1.29 is 14.3 Å². The van der Waals surface area contributed by atoms with Gasteiger partial charge < -0.3 is 19.4 Å². The number of carbonyl (C=O) groups excluding carboxylic acids is 1. The minimum atomic E-state index is -0.399. The van der Waals surface area contributed by atoms with Crippen molar-refractivity contribution in [3.63, 3.8) is 0 Å². The Morgan fingerprint density at radius 1 is 1.26 bits per heavy atom. The summed E-state index contributed by atoms with van der Waals surface area (Å²) in [6, 6.07) is 14.5. The van der Waals surface area contributed by atoms with E-state index in [0.717, 1.165) is 24.2 Å². The quantitative estimate of drug-likeness (QED) is 0.400. The molecule has 3 aromatic heterocycles. The summed E-state index contributed by atoms with van der Waals surface area (Å²) in [6.45, 7) is 1.42. The maximum atomic E-state index is 13.3. The third-order valence-corrected chi connectivity index (χ3v) is 6.33. The van der Waals surface area contributed by atoms with E-state index in [1.54, 1.807) is 30.0 Å². The number of methoxy groups -OCH3 is 1. The Hall–Kier alpha value is -3.98. The lowest BCUT2D eigenvalue weighted by molar-refractivity contribution is 0.0933. The Bertz CT molecular complexity index is 1500. The van der Waals surface area contributed by atoms with Crippen molar-refractivity contribution in [3.05, 3.63) is 81.7 Å². The number of fused-ring (bicyclic) bond motifs is 2. The number of benzene rings is 1. The first-order valence-electron chi connectivity index (χ1n) is 11.7. The first-order valence-corrected chi connectivity index (χ1v) is 11.7. The summed E-state index contributed by atoms with van der Waals surface area (Å²) in [5, 5.41) is 12.0. The van der Waals surface area contributed by atoms with Crippen LogP contribution in [0.3, 0.4) is 0 Å². The molecule has 0 bridgehead atoms. The molecule has 0 saturated carbocycles. The van der Waals surface area contributed by atoms with Gasteiger partial charge in [0.1, 0.15) is 22.5 Å². The van der Waals surface area contributed by atoms with Crippen LogP contribution in [0.1, 0.15) is 28.8 Å². The van der Waals surface area contributed by atoms with Crippen LogP contribution in [0.15, 0.2) is 59.5 Å². The van der Waals surface area contributed by atoms with Crippen LogP contribution in [0.5, 0.6) is 5.75 Å². The molecule has 1 aliphatic heterocycles. The van der Waals surface area contributed by atoms with Gasteiger partial charge in [0.05, 0.1) is 30.7 Å². The molecule has 1 aliphatic rings. The van der Waals surface area contributed by atoms with E-state index in [1.807, 2.05) is 30.3 Å². The molecule has 5 rings (SSSR count). The summed E-state index contributed by atoms with van der Waals surface area (Å²) in [5.74, 6) is 0.375. The van der Waals surface area contributed by atoms with Crippen molar-refractivity contribution in [2.45, 2.75) is 31.9 Å². The van der Waals surface area contributed by atoms with E-state index >= 15 is 0 Å². The first-order chi connectivity index (χ1) is 17.0. The van der Waals surface area contributed by atoms with Gasteiger partial charge in [-0.3, -0.25) is 19.4 Å². The summed E-state index contributed by atoms with van der Waals surface area (Å²) in [7, 11) is 1.62. The second kappa shape index (κ2) is 9.71. The molecule has 9 heteroatoms. The predicted molar refractivity (Wildman–Crippen MR) is 131 cm³/mol. The van der Waals surface area contributed by atoms with Crippen LogP contribution in [-0.4, -0.2) is 46.2 Å². The fraction of sp³-hybridized carbons (Fsp3) is 0.308. The van der Waals surface area contributed by atoms with Crippen LogP contribution < -0.4 is 21.1 Å². The summed E-state index contributed by atoms with van der Waals surface area (Å²) in [4.78, 5) is 31.1. The molecule has 1 amide bonds. The van der Waals surface area contributed by atoms with Gasteiger partial charge in [-0.15, -0.1) is 0 Å². The number of ether oxygens (including phenoxy) is 2. The lowest BCUT2D eigenvalue weighted by atomic mass is 10.1. The van der Waals surface area contributed by atoms with Crippen LogP contribution >= 0.6 is 0 Å². The van der Waals surface area contributed by atoms with Gasteiger partial charge in [0.25, 0.3) is 11.5 Å². The van der Waals surface area contributed by atoms with Crippen molar-refractivity contribution in [2.75, 3.05) is 20.3 Å². The van der Waals surface area contributed by atoms with Gasteiger partial charge in [-0.2, -0.15) is 0 Å². The number of pyridine rings is 2.